The number of carbonyl (C=O) groups is 1. The number of carbonyl (C=O) groups excluding carboxylic acids is 1. The van der Waals surface area contributed by atoms with Crippen LogP contribution in [0.2, 0.25) is 0 Å². The molecule has 29 heavy (non-hydrogen) atoms. The number of amides is 1. The highest BCUT2D eigenvalue weighted by Crippen LogP contribution is 2.32. The van der Waals surface area contributed by atoms with Crippen LogP contribution in [0.4, 0.5) is 5.13 Å². The first-order valence-electron chi connectivity index (χ1n) is 8.99. The van der Waals surface area contributed by atoms with Gasteiger partial charge >= 0.3 is 0 Å². The van der Waals surface area contributed by atoms with Crippen LogP contribution >= 0.6 is 22.7 Å². The monoisotopic (exact) mass is 421 g/mol. The lowest BCUT2D eigenvalue weighted by Gasteiger charge is -2.15. The minimum Gasteiger partial charge on any atom is -0.497 e. The first-order chi connectivity index (χ1) is 14.0. The number of anilines is 1. The lowest BCUT2D eigenvalue weighted by molar-refractivity contribution is 0.0987. The highest BCUT2D eigenvalue weighted by Gasteiger charge is 2.22. The van der Waals surface area contributed by atoms with Crippen LogP contribution in [0.15, 0.2) is 59.0 Å². The van der Waals surface area contributed by atoms with E-state index < -0.39 is 0 Å². The fourth-order valence-electron chi connectivity index (χ4n) is 2.95. The van der Waals surface area contributed by atoms with Crippen molar-refractivity contribution in [2.45, 2.75) is 13.8 Å². The summed E-state index contributed by atoms with van der Waals surface area (Å²) < 4.78 is 6.24. The Labute approximate surface area is 176 Å². The van der Waals surface area contributed by atoms with E-state index in [1.54, 1.807) is 24.7 Å². The Balaban J connectivity index is 1.78. The average Bonchev–Trinajstić information content (AvgIpc) is 3.37. The third-order valence-corrected chi connectivity index (χ3v) is 6.21. The Morgan fingerprint density at radius 1 is 1.17 bits per heavy atom. The number of hydrazone groups is 1. The zero-order chi connectivity index (χ0) is 20.4. The lowest BCUT2D eigenvalue weighted by Crippen LogP contribution is -2.26. The van der Waals surface area contributed by atoms with Crippen LogP contribution < -0.4 is 9.75 Å². The number of hydrogen-bond donors (Lipinski definition) is 0. The van der Waals surface area contributed by atoms with Crippen molar-refractivity contribution in [3.8, 4) is 5.75 Å². The maximum absolute atomic E-state index is 13.4. The van der Waals surface area contributed by atoms with Crippen LogP contribution in [-0.2, 0) is 0 Å². The molecular formula is C22H19N3O2S2. The largest absolute Gasteiger partial charge is 0.497 e. The number of thiophene rings is 1. The van der Waals surface area contributed by atoms with Gasteiger partial charge in [-0.1, -0.05) is 35.1 Å². The Morgan fingerprint density at radius 2 is 2.03 bits per heavy atom. The second-order valence-corrected chi connectivity index (χ2v) is 8.51. The van der Waals surface area contributed by atoms with Crippen LogP contribution in [-0.4, -0.2) is 24.2 Å². The van der Waals surface area contributed by atoms with Gasteiger partial charge in [0.25, 0.3) is 5.91 Å². The Hall–Kier alpha value is -3.03. The van der Waals surface area contributed by atoms with Crippen LogP contribution in [0, 0.1) is 13.8 Å². The van der Waals surface area contributed by atoms with Crippen LogP contribution in [0.25, 0.3) is 10.2 Å². The van der Waals surface area contributed by atoms with Crippen LogP contribution in [0.1, 0.15) is 26.4 Å². The zero-order valence-electron chi connectivity index (χ0n) is 16.2. The van der Waals surface area contributed by atoms with Crippen molar-refractivity contribution in [3.63, 3.8) is 0 Å². The molecule has 2 heterocycles. The Kier molecular flexibility index (Phi) is 5.42. The standard InChI is InChI=1S/C22H19N3O2S2/c1-14-6-8-18(15(2)11-14)21(26)25(23-13-17-5-4-10-28-17)22-24-19-9-7-16(27-3)12-20(19)29-22/h4-13H,1-3H3/b23-13+. The summed E-state index contributed by atoms with van der Waals surface area (Å²) in [4.78, 5) is 19.0. The van der Waals surface area contributed by atoms with Crippen LogP contribution in [0.5, 0.6) is 5.75 Å². The van der Waals surface area contributed by atoms with E-state index in [0.29, 0.717) is 10.7 Å². The number of benzene rings is 2. The van der Waals surface area contributed by atoms with E-state index in [2.05, 4.69) is 10.1 Å². The molecule has 0 radical (unpaired) electrons. The van der Waals surface area contributed by atoms with E-state index in [-0.39, 0.29) is 5.91 Å². The predicted molar refractivity (Wildman–Crippen MR) is 121 cm³/mol. The number of thiazole rings is 1. The number of hydrogen-bond acceptors (Lipinski definition) is 6. The van der Waals surface area contributed by atoms with Crippen molar-refractivity contribution in [1.82, 2.24) is 4.98 Å². The number of nitrogens with zero attached hydrogens (tertiary/aromatic N) is 3. The van der Waals surface area contributed by atoms with Crippen molar-refractivity contribution in [2.75, 3.05) is 12.1 Å². The van der Waals surface area contributed by atoms with Gasteiger partial charge in [-0.15, -0.1) is 11.3 Å². The van der Waals surface area contributed by atoms with Crippen LogP contribution in [0.3, 0.4) is 0 Å². The van der Waals surface area contributed by atoms with Crippen molar-refractivity contribution in [3.05, 3.63) is 75.5 Å². The molecule has 0 aliphatic rings. The minimum absolute atomic E-state index is 0.207. The molecule has 0 fully saturated rings. The average molecular weight is 422 g/mol. The molecule has 0 spiro atoms. The molecule has 4 aromatic rings. The lowest BCUT2D eigenvalue weighted by atomic mass is 10.1. The fraction of sp³-hybridized carbons (Fsp3) is 0.136. The normalized spacial score (nSPS) is 11.3. The third kappa shape index (κ3) is 4.06. The first kappa shape index (κ1) is 19.3. The van der Waals surface area contributed by atoms with Gasteiger partial charge in [0.05, 0.1) is 23.5 Å². The maximum atomic E-state index is 13.4. The summed E-state index contributed by atoms with van der Waals surface area (Å²) in [6, 6.07) is 15.3. The van der Waals surface area contributed by atoms with E-state index in [9.17, 15) is 4.79 Å². The van der Waals surface area contributed by atoms with E-state index >= 15 is 0 Å². The summed E-state index contributed by atoms with van der Waals surface area (Å²) in [5, 5.41) is 8.38. The molecule has 0 saturated carbocycles. The SMILES string of the molecule is COc1ccc2nc(N(/N=C/c3cccs3)C(=O)c3ccc(C)cc3C)sc2c1. The van der Waals surface area contributed by atoms with Crippen molar-refractivity contribution >= 4 is 50.1 Å². The molecule has 0 aliphatic heterocycles. The number of fused-ring (bicyclic) bond motifs is 1. The number of rotatable bonds is 5. The summed E-state index contributed by atoms with van der Waals surface area (Å²) in [6.45, 7) is 3.94. The minimum atomic E-state index is -0.207. The molecule has 2 aromatic heterocycles. The second-order valence-electron chi connectivity index (χ2n) is 6.53. The first-order valence-corrected chi connectivity index (χ1v) is 10.7. The number of aryl methyl sites for hydroxylation is 2. The highest BCUT2D eigenvalue weighted by atomic mass is 32.1. The van der Waals surface area contributed by atoms with Gasteiger partial charge in [0.1, 0.15) is 5.75 Å². The van der Waals surface area contributed by atoms with Gasteiger partial charge in [0.15, 0.2) is 0 Å². The summed E-state index contributed by atoms with van der Waals surface area (Å²) in [5.74, 6) is 0.545. The smallest absolute Gasteiger partial charge is 0.281 e. The topological polar surface area (TPSA) is 54.8 Å². The van der Waals surface area contributed by atoms with Gasteiger partial charge in [-0.3, -0.25) is 4.79 Å². The molecule has 5 nitrogen and oxygen atoms in total. The van der Waals surface area contributed by atoms with Crippen molar-refractivity contribution < 1.29 is 9.53 Å². The van der Waals surface area contributed by atoms with Crippen molar-refractivity contribution in [2.24, 2.45) is 5.10 Å². The zero-order valence-corrected chi connectivity index (χ0v) is 17.9. The molecule has 0 unspecified atom stereocenters. The van der Waals surface area contributed by atoms with E-state index in [4.69, 9.17) is 4.74 Å². The summed E-state index contributed by atoms with van der Waals surface area (Å²) >= 11 is 2.97. The molecule has 7 heteroatoms. The third-order valence-electron chi connectivity index (χ3n) is 4.41. The molecule has 0 atom stereocenters. The van der Waals surface area contributed by atoms with Gasteiger partial charge in [-0.05, 0) is 55.1 Å². The highest BCUT2D eigenvalue weighted by molar-refractivity contribution is 7.22. The second kappa shape index (κ2) is 8.14. The molecule has 0 N–H and O–H groups in total. The predicted octanol–water partition coefficient (Wildman–Crippen LogP) is 5.66. The van der Waals surface area contributed by atoms with Gasteiger partial charge in [0, 0.05) is 10.4 Å². The molecule has 2 aromatic carbocycles. The van der Waals surface area contributed by atoms with Gasteiger partial charge in [0.2, 0.25) is 5.13 Å². The number of methoxy groups -OCH3 is 1. The Morgan fingerprint density at radius 3 is 2.76 bits per heavy atom. The molecule has 0 aliphatic carbocycles. The molecule has 0 bridgehead atoms. The summed E-state index contributed by atoms with van der Waals surface area (Å²) in [7, 11) is 1.63. The van der Waals surface area contributed by atoms with Gasteiger partial charge in [-0.25, -0.2) is 4.98 Å². The molecule has 146 valence electrons. The molecule has 0 saturated heterocycles. The summed E-state index contributed by atoms with van der Waals surface area (Å²) in [5.41, 5.74) is 3.43. The van der Waals surface area contributed by atoms with Crippen molar-refractivity contribution in [1.29, 1.82) is 0 Å². The van der Waals surface area contributed by atoms with E-state index in [1.807, 2.05) is 67.8 Å². The van der Waals surface area contributed by atoms with Gasteiger partial charge < -0.3 is 4.74 Å². The molecular weight excluding hydrogens is 402 g/mol. The number of ether oxygens (including phenoxy) is 1. The molecule has 1 amide bonds. The van der Waals surface area contributed by atoms with E-state index in [1.165, 1.54) is 16.3 Å². The van der Waals surface area contributed by atoms with E-state index in [0.717, 1.165) is 32.0 Å². The van der Waals surface area contributed by atoms with Gasteiger partial charge in [-0.2, -0.15) is 10.1 Å². The quantitative estimate of drug-likeness (QED) is 0.308. The summed E-state index contributed by atoms with van der Waals surface area (Å²) in [6.07, 6.45) is 1.69. The fourth-order valence-corrected chi connectivity index (χ4v) is 4.48. The number of aromatic nitrogens is 1. The molecule has 4 rings (SSSR count). The Bertz CT molecular complexity index is 1200. The maximum Gasteiger partial charge on any atom is 0.281 e.